The Morgan fingerprint density at radius 1 is 1.75 bits per heavy atom. The molecule has 0 saturated carbocycles. The van der Waals surface area contributed by atoms with Gasteiger partial charge in [0.1, 0.15) is 11.7 Å². The normalized spacial score (nSPS) is 13.2. The standard InChI is InChI=1S/C4H8O3S/c5-1-2-8-4(7)3-6/h1,4,6-7H,2-3H2. The molecule has 0 rings (SSSR count). The van der Waals surface area contributed by atoms with Gasteiger partial charge in [-0.1, -0.05) is 0 Å². The molecule has 4 heteroatoms. The smallest absolute Gasteiger partial charge is 0.129 e. The van der Waals surface area contributed by atoms with Gasteiger partial charge in [-0.2, -0.15) is 0 Å². The molecule has 0 aromatic heterocycles. The van der Waals surface area contributed by atoms with Crippen molar-refractivity contribution in [3.05, 3.63) is 0 Å². The summed E-state index contributed by atoms with van der Waals surface area (Å²) in [4.78, 5) is 9.61. The number of hydrogen-bond donors (Lipinski definition) is 2. The molecular weight excluding hydrogens is 128 g/mol. The number of aliphatic hydroxyl groups excluding tert-OH is 2. The van der Waals surface area contributed by atoms with Gasteiger partial charge in [0.25, 0.3) is 0 Å². The van der Waals surface area contributed by atoms with Crippen molar-refractivity contribution in [2.75, 3.05) is 12.4 Å². The molecule has 0 aromatic rings. The Balaban J connectivity index is 2.97. The van der Waals surface area contributed by atoms with Crippen LogP contribution in [0.4, 0.5) is 0 Å². The van der Waals surface area contributed by atoms with Crippen LogP contribution in [0.3, 0.4) is 0 Å². The minimum atomic E-state index is -0.805. The lowest BCUT2D eigenvalue weighted by Crippen LogP contribution is -2.07. The maximum Gasteiger partial charge on any atom is 0.129 e. The lowest BCUT2D eigenvalue weighted by atomic mass is 10.8. The maximum atomic E-state index is 9.61. The third kappa shape index (κ3) is 4.11. The number of carbonyl (C=O) groups excluding carboxylic acids is 1. The van der Waals surface area contributed by atoms with Gasteiger partial charge < -0.3 is 15.0 Å². The van der Waals surface area contributed by atoms with Crippen LogP contribution in [0.25, 0.3) is 0 Å². The first kappa shape index (κ1) is 7.94. The van der Waals surface area contributed by atoms with Crippen molar-refractivity contribution < 1.29 is 15.0 Å². The quantitative estimate of drug-likeness (QED) is 0.393. The second-order valence-corrected chi connectivity index (χ2v) is 2.35. The first-order chi connectivity index (χ1) is 3.81. The highest BCUT2D eigenvalue weighted by Crippen LogP contribution is 2.03. The minimum Gasteiger partial charge on any atom is -0.393 e. The average Bonchev–Trinajstić information content (AvgIpc) is 1.83. The minimum absolute atomic E-state index is 0.238. The van der Waals surface area contributed by atoms with Gasteiger partial charge in [0.2, 0.25) is 0 Å². The van der Waals surface area contributed by atoms with Gasteiger partial charge in [-0.05, 0) is 0 Å². The Hall–Kier alpha value is -0.0600. The van der Waals surface area contributed by atoms with E-state index >= 15 is 0 Å². The summed E-state index contributed by atoms with van der Waals surface area (Å²) in [5.41, 5.74) is -0.805. The van der Waals surface area contributed by atoms with Crippen molar-refractivity contribution in [2.45, 2.75) is 5.44 Å². The zero-order chi connectivity index (χ0) is 6.41. The molecule has 0 aliphatic rings. The summed E-state index contributed by atoms with van der Waals surface area (Å²) in [6, 6.07) is 0. The van der Waals surface area contributed by atoms with Crippen LogP contribution < -0.4 is 0 Å². The highest BCUT2D eigenvalue weighted by Gasteiger charge is 1.98. The molecule has 0 bridgehead atoms. The molecular formula is C4H8O3S. The lowest BCUT2D eigenvalue weighted by molar-refractivity contribution is -0.105. The van der Waals surface area contributed by atoms with Crippen LogP contribution in [0.15, 0.2) is 0 Å². The lowest BCUT2D eigenvalue weighted by Gasteiger charge is -2.00. The zero-order valence-corrected chi connectivity index (χ0v) is 5.10. The molecule has 0 aromatic carbocycles. The molecule has 0 heterocycles. The molecule has 0 aliphatic heterocycles. The van der Waals surface area contributed by atoms with Crippen LogP contribution in [-0.4, -0.2) is 34.3 Å². The van der Waals surface area contributed by atoms with Crippen molar-refractivity contribution in [2.24, 2.45) is 0 Å². The summed E-state index contributed by atoms with van der Waals surface area (Å²) in [6.07, 6.45) is 0.684. The zero-order valence-electron chi connectivity index (χ0n) is 4.28. The van der Waals surface area contributed by atoms with Gasteiger partial charge in [-0.25, -0.2) is 0 Å². The van der Waals surface area contributed by atoms with Gasteiger partial charge in [-0.15, -0.1) is 11.8 Å². The Labute approximate surface area is 51.7 Å². The number of carbonyl (C=O) groups is 1. The third-order valence-electron chi connectivity index (χ3n) is 0.513. The largest absolute Gasteiger partial charge is 0.393 e. The van der Waals surface area contributed by atoms with Gasteiger partial charge in [0.15, 0.2) is 0 Å². The third-order valence-corrected chi connectivity index (χ3v) is 1.38. The monoisotopic (exact) mass is 136 g/mol. The van der Waals surface area contributed by atoms with Crippen molar-refractivity contribution >= 4 is 18.0 Å². The first-order valence-corrected chi connectivity index (χ1v) is 3.20. The van der Waals surface area contributed by atoms with E-state index in [1.807, 2.05) is 0 Å². The Kier molecular flexibility index (Phi) is 5.05. The number of thioether (sulfide) groups is 1. The van der Waals surface area contributed by atoms with Crippen molar-refractivity contribution in [1.82, 2.24) is 0 Å². The molecule has 0 aliphatic carbocycles. The molecule has 1 atom stereocenters. The predicted octanol–water partition coefficient (Wildman–Crippen LogP) is -0.771. The number of aldehydes is 1. The molecule has 8 heavy (non-hydrogen) atoms. The van der Waals surface area contributed by atoms with Crippen LogP contribution in [-0.2, 0) is 4.79 Å². The molecule has 0 spiro atoms. The van der Waals surface area contributed by atoms with Crippen LogP contribution in [0.2, 0.25) is 0 Å². The van der Waals surface area contributed by atoms with E-state index in [1.165, 1.54) is 0 Å². The summed E-state index contributed by atoms with van der Waals surface area (Å²) in [5.74, 6) is 0.238. The second kappa shape index (κ2) is 5.08. The van der Waals surface area contributed by atoms with Gasteiger partial charge in [0.05, 0.1) is 12.4 Å². The maximum absolute atomic E-state index is 9.61. The van der Waals surface area contributed by atoms with E-state index in [2.05, 4.69) is 0 Å². The topological polar surface area (TPSA) is 57.5 Å². The van der Waals surface area contributed by atoms with E-state index in [4.69, 9.17) is 10.2 Å². The Bertz CT molecular complexity index is 66.3. The number of hydrogen-bond acceptors (Lipinski definition) is 4. The van der Waals surface area contributed by atoms with E-state index in [9.17, 15) is 4.79 Å². The molecule has 0 amide bonds. The average molecular weight is 136 g/mol. The fraction of sp³-hybridized carbons (Fsp3) is 0.750. The van der Waals surface area contributed by atoms with Gasteiger partial charge in [0, 0.05) is 0 Å². The number of rotatable bonds is 4. The Morgan fingerprint density at radius 2 is 2.38 bits per heavy atom. The summed E-state index contributed by atoms with van der Waals surface area (Å²) >= 11 is 1.01. The Morgan fingerprint density at radius 3 is 2.75 bits per heavy atom. The SMILES string of the molecule is O=CCSC(O)CO. The van der Waals surface area contributed by atoms with Gasteiger partial charge in [-0.3, -0.25) is 0 Å². The molecule has 0 saturated heterocycles. The molecule has 2 N–H and O–H groups in total. The fourth-order valence-electron chi connectivity index (χ4n) is 0.203. The molecule has 0 radical (unpaired) electrons. The highest BCUT2D eigenvalue weighted by molar-refractivity contribution is 8.00. The molecule has 1 unspecified atom stereocenters. The summed E-state index contributed by atoms with van der Waals surface area (Å²) in [5, 5.41) is 16.7. The second-order valence-electron chi connectivity index (χ2n) is 1.14. The number of aliphatic hydroxyl groups is 2. The summed E-state index contributed by atoms with van der Waals surface area (Å²) in [6.45, 7) is -0.293. The van der Waals surface area contributed by atoms with Crippen LogP contribution in [0, 0.1) is 0 Å². The van der Waals surface area contributed by atoms with E-state index in [-0.39, 0.29) is 12.4 Å². The van der Waals surface area contributed by atoms with E-state index in [1.54, 1.807) is 0 Å². The van der Waals surface area contributed by atoms with Crippen LogP contribution in [0.1, 0.15) is 0 Å². The molecule has 48 valence electrons. The molecule has 3 nitrogen and oxygen atoms in total. The van der Waals surface area contributed by atoms with Crippen LogP contribution >= 0.6 is 11.8 Å². The summed E-state index contributed by atoms with van der Waals surface area (Å²) in [7, 11) is 0. The first-order valence-electron chi connectivity index (χ1n) is 2.15. The van der Waals surface area contributed by atoms with Crippen molar-refractivity contribution in [1.29, 1.82) is 0 Å². The van der Waals surface area contributed by atoms with E-state index < -0.39 is 5.44 Å². The predicted molar refractivity (Wildman–Crippen MR) is 31.6 cm³/mol. The molecule has 0 fully saturated rings. The van der Waals surface area contributed by atoms with Gasteiger partial charge >= 0.3 is 0 Å². The van der Waals surface area contributed by atoms with Crippen molar-refractivity contribution in [3.8, 4) is 0 Å². The van der Waals surface area contributed by atoms with Crippen molar-refractivity contribution in [3.63, 3.8) is 0 Å². The fourth-order valence-corrected chi connectivity index (χ4v) is 0.609. The van der Waals surface area contributed by atoms with E-state index in [0.717, 1.165) is 11.8 Å². The summed E-state index contributed by atoms with van der Waals surface area (Å²) < 4.78 is 0. The van der Waals surface area contributed by atoms with Crippen LogP contribution in [0.5, 0.6) is 0 Å². The van der Waals surface area contributed by atoms with E-state index in [0.29, 0.717) is 6.29 Å². The highest BCUT2D eigenvalue weighted by atomic mass is 32.2.